The Hall–Kier alpha value is -1.34. The van der Waals surface area contributed by atoms with Gasteiger partial charge in [-0.3, -0.25) is 4.79 Å². The van der Waals surface area contributed by atoms with Crippen molar-refractivity contribution in [2.45, 2.75) is 39.2 Å². The molecule has 0 bridgehead atoms. The van der Waals surface area contributed by atoms with Crippen molar-refractivity contribution >= 4 is 28.2 Å². The third kappa shape index (κ3) is 3.85. The van der Waals surface area contributed by atoms with Gasteiger partial charge in [0.2, 0.25) is 0 Å². The van der Waals surface area contributed by atoms with E-state index in [1.807, 2.05) is 0 Å². The van der Waals surface area contributed by atoms with Gasteiger partial charge in [-0.1, -0.05) is 38.0 Å². The first-order valence-electron chi connectivity index (χ1n) is 7.60. The van der Waals surface area contributed by atoms with Crippen molar-refractivity contribution in [3.8, 4) is 0 Å². The standard InChI is InChI=1S/C14H25N5OS/c1-3-9(4-2)7-17-13(20)11-12(16)18-14(21-11)19-6-5-10(15)8-19/h9-10H,3-8,15-16H2,1-2H3,(H,17,20). The van der Waals surface area contributed by atoms with E-state index in [9.17, 15) is 4.79 Å². The van der Waals surface area contributed by atoms with E-state index in [2.05, 4.69) is 29.0 Å². The van der Waals surface area contributed by atoms with E-state index in [4.69, 9.17) is 11.5 Å². The van der Waals surface area contributed by atoms with Gasteiger partial charge in [-0.05, 0) is 12.3 Å². The van der Waals surface area contributed by atoms with Crippen molar-refractivity contribution in [1.29, 1.82) is 0 Å². The van der Waals surface area contributed by atoms with Gasteiger partial charge in [-0.2, -0.15) is 0 Å². The van der Waals surface area contributed by atoms with Crippen molar-refractivity contribution in [3.05, 3.63) is 4.88 Å². The van der Waals surface area contributed by atoms with Crippen LogP contribution >= 0.6 is 11.3 Å². The van der Waals surface area contributed by atoms with Gasteiger partial charge in [-0.15, -0.1) is 0 Å². The molecule has 0 aromatic carbocycles. The molecule has 1 saturated heterocycles. The molecule has 2 rings (SSSR count). The van der Waals surface area contributed by atoms with Gasteiger partial charge in [0.15, 0.2) is 5.13 Å². The average molecular weight is 311 g/mol. The van der Waals surface area contributed by atoms with Gasteiger partial charge in [0.25, 0.3) is 5.91 Å². The molecular weight excluding hydrogens is 286 g/mol. The molecule has 1 aromatic rings. The Balaban J connectivity index is 1.99. The van der Waals surface area contributed by atoms with Crippen LogP contribution in [0, 0.1) is 5.92 Å². The van der Waals surface area contributed by atoms with Crippen LogP contribution in [0.1, 0.15) is 42.8 Å². The molecule has 0 spiro atoms. The lowest BCUT2D eigenvalue weighted by molar-refractivity contribution is 0.0951. The maximum absolute atomic E-state index is 12.2. The Morgan fingerprint density at radius 1 is 1.52 bits per heavy atom. The van der Waals surface area contributed by atoms with Gasteiger partial charge in [-0.25, -0.2) is 4.98 Å². The van der Waals surface area contributed by atoms with Crippen LogP contribution in [0.4, 0.5) is 10.9 Å². The fourth-order valence-electron chi connectivity index (χ4n) is 2.47. The van der Waals surface area contributed by atoms with E-state index in [-0.39, 0.29) is 11.9 Å². The van der Waals surface area contributed by atoms with Crippen molar-refractivity contribution in [1.82, 2.24) is 10.3 Å². The second-order valence-corrected chi connectivity index (χ2v) is 6.58. The normalized spacial score (nSPS) is 18.5. The Kier molecular flexibility index (Phi) is 5.41. The monoisotopic (exact) mass is 311 g/mol. The Labute approximate surface area is 129 Å². The summed E-state index contributed by atoms with van der Waals surface area (Å²) in [4.78, 5) is 19.2. The number of thiazole rings is 1. The van der Waals surface area contributed by atoms with Crippen LogP contribution in [0.3, 0.4) is 0 Å². The predicted octanol–water partition coefficient (Wildman–Crippen LogP) is 1.43. The third-order valence-electron chi connectivity index (χ3n) is 4.05. The Bertz CT molecular complexity index is 486. The molecule has 1 atom stereocenters. The van der Waals surface area contributed by atoms with Gasteiger partial charge < -0.3 is 21.7 Å². The number of hydrogen-bond acceptors (Lipinski definition) is 6. The summed E-state index contributed by atoms with van der Waals surface area (Å²) in [6, 6.07) is 0.183. The molecule has 1 aromatic heterocycles. The minimum Gasteiger partial charge on any atom is -0.382 e. The molecule has 5 N–H and O–H groups in total. The number of amides is 1. The molecule has 6 nitrogen and oxygen atoms in total. The maximum atomic E-state index is 12.2. The Morgan fingerprint density at radius 3 is 2.81 bits per heavy atom. The van der Waals surface area contributed by atoms with Crippen molar-refractivity contribution in [2.75, 3.05) is 30.3 Å². The summed E-state index contributed by atoms with van der Waals surface area (Å²) in [5, 5.41) is 3.76. The number of carbonyl (C=O) groups excluding carboxylic acids is 1. The predicted molar refractivity (Wildman–Crippen MR) is 87.7 cm³/mol. The number of nitrogens with one attached hydrogen (secondary N) is 1. The fourth-order valence-corrected chi connectivity index (χ4v) is 3.41. The summed E-state index contributed by atoms with van der Waals surface area (Å²) in [7, 11) is 0. The molecule has 7 heteroatoms. The number of carbonyl (C=O) groups is 1. The lowest BCUT2D eigenvalue weighted by atomic mass is 10.0. The second kappa shape index (κ2) is 7.09. The van der Waals surface area contributed by atoms with Crippen molar-refractivity contribution in [3.63, 3.8) is 0 Å². The van der Waals surface area contributed by atoms with Gasteiger partial charge in [0, 0.05) is 25.7 Å². The average Bonchev–Trinajstić information content (AvgIpc) is 3.06. The molecule has 1 aliphatic heterocycles. The van der Waals surface area contributed by atoms with E-state index >= 15 is 0 Å². The zero-order valence-electron chi connectivity index (χ0n) is 12.8. The van der Waals surface area contributed by atoms with Crippen molar-refractivity contribution in [2.24, 2.45) is 11.7 Å². The lowest BCUT2D eigenvalue weighted by Crippen LogP contribution is -2.28. The topological polar surface area (TPSA) is 97.3 Å². The van der Waals surface area contributed by atoms with E-state index in [1.165, 1.54) is 11.3 Å². The highest BCUT2D eigenvalue weighted by atomic mass is 32.1. The molecule has 0 saturated carbocycles. The first kappa shape index (κ1) is 16.0. The largest absolute Gasteiger partial charge is 0.382 e. The summed E-state index contributed by atoms with van der Waals surface area (Å²) >= 11 is 1.36. The van der Waals surface area contributed by atoms with Crippen molar-refractivity contribution < 1.29 is 4.79 Å². The highest BCUT2D eigenvalue weighted by Gasteiger charge is 2.25. The fraction of sp³-hybridized carbons (Fsp3) is 0.714. The zero-order valence-corrected chi connectivity index (χ0v) is 13.6. The zero-order chi connectivity index (χ0) is 15.4. The number of nitrogens with two attached hydrogens (primary N) is 2. The minimum absolute atomic E-state index is 0.119. The molecule has 2 heterocycles. The van der Waals surface area contributed by atoms with Crippen LogP contribution in [-0.4, -0.2) is 36.6 Å². The van der Waals surface area contributed by atoms with Crippen LogP contribution in [0.25, 0.3) is 0 Å². The molecule has 0 radical (unpaired) electrons. The van der Waals surface area contributed by atoms with Gasteiger partial charge >= 0.3 is 0 Å². The highest BCUT2D eigenvalue weighted by Crippen LogP contribution is 2.30. The molecule has 21 heavy (non-hydrogen) atoms. The molecule has 0 aliphatic carbocycles. The highest BCUT2D eigenvalue weighted by molar-refractivity contribution is 7.18. The van der Waals surface area contributed by atoms with Crippen LogP contribution in [0.15, 0.2) is 0 Å². The van der Waals surface area contributed by atoms with E-state index in [1.54, 1.807) is 0 Å². The number of aromatic nitrogens is 1. The molecule has 1 fully saturated rings. The molecule has 1 unspecified atom stereocenters. The summed E-state index contributed by atoms with van der Waals surface area (Å²) in [6.07, 6.45) is 3.08. The SMILES string of the molecule is CCC(CC)CNC(=O)c1sc(N2CCC(N)C2)nc1N. The van der Waals surface area contributed by atoms with Crippen LogP contribution < -0.4 is 21.7 Å². The van der Waals surface area contributed by atoms with Gasteiger partial charge in [0.1, 0.15) is 10.7 Å². The van der Waals surface area contributed by atoms with Crippen LogP contribution in [-0.2, 0) is 0 Å². The first-order chi connectivity index (χ1) is 10.0. The Morgan fingerprint density at radius 2 is 2.24 bits per heavy atom. The number of anilines is 2. The maximum Gasteiger partial charge on any atom is 0.265 e. The smallest absolute Gasteiger partial charge is 0.265 e. The van der Waals surface area contributed by atoms with E-state index in [0.29, 0.717) is 23.2 Å². The molecule has 118 valence electrons. The molecular formula is C14H25N5OS. The van der Waals surface area contributed by atoms with E-state index < -0.39 is 0 Å². The van der Waals surface area contributed by atoms with E-state index in [0.717, 1.165) is 37.5 Å². The summed E-state index contributed by atoms with van der Waals surface area (Å²) < 4.78 is 0. The van der Waals surface area contributed by atoms with Crippen LogP contribution in [0.5, 0.6) is 0 Å². The van der Waals surface area contributed by atoms with Crippen LogP contribution in [0.2, 0.25) is 0 Å². The summed E-state index contributed by atoms with van der Waals surface area (Å²) in [5.74, 6) is 0.711. The summed E-state index contributed by atoms with van der Waals surface area (Å²) in [6.45, 7) is 6.62. The molecule has 1 amide bonds. The summed E-state index contributed by atoms with van der Waals surface area (Å²) in [5.41, 5.74) is 11.8. The number of rotatable bonds is 6. The first-order valence-corrected chi connectivity index (χ1v) is 8.41. The number of nitrogen functional groups attached to an aromatic ring is 1. The lowest BCUT2D eigenvalue weighted by Gasteiger charge is -2.13. The number of nitrogens with zero attached hydrogens (tertiary/aromatic N) is 2. The third-order valence-corrected chi connectivity index (χ3v) is 5.18. The number of hydrogen-bond donors (Lipinski definition) is 3. The molecule has 1 aliphatic rings. The van der Waals surface area contributed by atoms with Gasteiger partial charge in [0.05, 0.1) is 0 Å². The second-order valence-electron chi connectivity index (χ2n) is 5.60. The quantitative estimate of drug-likeness (QED) is 0.738. The minimum atomic E-state index is -0.119.